The van der Waals surface area contributed by atoms with Crippen molar-refractivity contribution in [3.63, 3.8) is 0 Å². The first-order valence-corrected chi connectivity index (χ1v) is 7.53. The molecule has 2 rings (SSSR count). The Balaban J connectivity index is 2.06. The summed E-state index contributed by atoms with van der Waals surface area (Å²) in [6, 6.07) is 12.0. The van der Waals surface area contributed by atoms with Gasteiger partial charge in [0, 0.05) is 13.1 Å². The van der Waals surface area contributed by atoms with E-state index >= 15 is 0 Å². The molecular weight excluding hydrogens is 279 g/mol. The number of rotatable bonds is 5. The lowest BCUT2D eigenvalue weighted by molar-refractivity contribution is 0.580. The minimum atomic E-state index is -3.63. The van der Waals surface area contributed by atoms with Crippen LogP contribution in [0, 0.1) is 5.82 Å². The number of nitrogens with one attached hydrogen (secondary N) is 1. The summed E-state index contributed by atoms with van der Waals surface area (Å²) in [6.07, 6.45) is 0. The van der Waals surface area contributed by atoms with Gasteiger partial charge in [-0.2, -0.15) is 0 Å². The zero-order valence-corrected chi connectivity index (χ0v) is 11.5. The third-order valence-corrected chi connectivity index (χ3v) is 4.27. The number of sulfonamides is 1. The van der Waals surface area contributed by atoms with Crippen LogP contribution in [0.1, 0.15) is 11.1 Å². The molecular formula is C14H15FN2O2S. The molecule has 106 valence electrons. The van der Waals surface area contributed by atoms with Gasteiger partial charge in [0.1, 0.15) is 5.82 Å². The van der Waals surface area contributed by atoms with Crippen LogP contribution >= 0.6 is 0 Å². The molecule has 0 saturated heterocycles. The lowest BCUT2D eigenvalue weighted by Gasteiger charge is -2.07. The third kappa shape index (κ3) is 3.63. The van der Waals surface area contributed by atoms with Gasteiger partial charge in [0.05, 0.1) is 4.90 Å². The van der Waals surface area contributed by atoms with Crippen molar-refractivity contribution in [2.45, 2.75) is 18.0 Å². The molecule has 4 nitrogen and oxygen atoms in total. The highest BCUT2D eigenvalue weighted by molar-refractivity contribution is 7.89. The summed E-state index contributed by atoms with van der Waals surface area (Å²) in [7, 11) is -3.63. The first-order valence-electron chi connectivity index (χ1n) is 6.04. The Labute approximate surface area is 117 Å². The Morgan fingerprint density at radius 3 is 2.05 bits per heavy atom. The lowest BCUT2D eigenvalue weighted by Crippen LogP contribution is -2.23. The summed E-state index contributed by atoms with van der Waals surface area (Å²) in [5.74, 6) is -0.471. The van der Waals surface area contributed by atoms with Gasteiger partial charge in [0.2, 0.25) is 10.0 Å². The lowest BCUT2D eigenvalue weighted by atomic mass is 10.1. The average Bonchev–Trinajstić information content (AvgIpc) is 2.46. The fourth-order valence-electron chi connectivity index (χ4n) is 1.67. The van der Waals surface area contributed by atoms with E-state index in [2.05, 4.69) is 4.72 Å². The number of hydrogen-bond acceptors (Lipinski definition) is 3. The monoisotopic (exact) mass is 294 g/mol. The molecule has 2 aromatic rings. The van der Waals surface area contributed by atoms with Crippen LogP contribution in [0.15, 0.2) is 53.4 Å². The molecule has 0 unspecified atom stereocenters. The Kier molecular flexibility index (Phi) is 4.49. The minimum absolute atomic E-state index is 0.0393. The molecule has 0 aliphatic rings. The molecule has 0 spiro atoms. The van der Waals surface area contributed by atoms with E-state index in [1.807, 2.05) is 24.3 Å². The molecule has 0 aliphatic heterocycles. The molecule has 0 aromatic heterocycles. The van der Waals surface area contributed by atoms with Gasteiger partial charge in [-0.1, -0.05) is 24.3 Å². The molecule has 20 heavy (non-hydrogen) atoms. The number of benzene rings is 2. The van der Waals surface area contributed by atoms with Crippen LogP contribution in [0.5, 0.6) is 0 Å². The molecule has 0 amide bonds. The van der Waals surface area contributed by atoms with Crippen molar-refractivity contribution in [1.82, 2.24) is 4.72 Å². The van der Waals surface area contributed by atoms with E-state index < -0.39 is 15.8 Å². The highest BCUT2D eigenvalue weighted by Gasteiger charge is 2.13. The first kappa shape index (κ1) is 14.6. The van der Waals surface area contributed by atoms with Gasteiger partial charge in [0.15, 0.2) is 0 Å². The first-order chi connectivity index (χ1) is 9.51. The van der Waals surface area contributed by atoms with Gasteiger partial charge in [-0.3, -0.25) is 0 Å². The van der Waals surface area contributed by atoms with Gasteiger partial charge in [-0.25, -0.2) is 17.5 Å². The Bertz CT molecular complexity index is 667. The zero-order chi connectivity index (χ0) is 14.6. The molecule has 0 atom stereocenters. The average molecular weight is 294 g/mol. The molecule has 0 heterocycles. The SMILES string of the molecule is NCc1ccc(CNS(=O)(=O)c2ccc(F)cc2)cc1. The van der Waals surface area contributed by atoms with Crippen LogP contribution in [0.25, 0.3) is 0 Å². The quantitative estimate of drug-likeness (QED) is 0.882. The molecule has 6 heteroatoms. The van der Waals surface area contributed by atoms with Gasteiger partial charge in [-0.15, -0.1) is 0 Å². The Morgan fingerprint density at radius 1 is 0.950 bits per heavy atom. The van der Waals surface area contributed by atoms with E-state index in [0.717, 1.165) is 23.3 Å². The van der Waals surface area contributed by atoms with Gasteiger partial charge in [0.25, 0.3) is 0 Å². The van der Waals surface area contributed by atoms with Crippen molar-refractivity contribution >= 4 is 10.0 Å². The second-order valence-corrected chi connectivity index (χ2v) is 6.07. The summed E-state index contributed by atoms with van der Waals surface area (Å²) in [4.78, 5) is 0.0393. The second-order valence-electron chi connectivity index (χ2n) is 4.30. The highest BCUT2D eigenvalue weighted by atomic mass is 32.2. The molecule has 0 fully saturated rings. The van der Waals surface area contributed by atoms with Crippen molar-refractivity contribution in [1.29, 1.82) is 0 Å². The summed E-state index contributed by atoms with van der Waals surface area (Å²) in [5.41, 5.74) is 7.30. The topological polar surface area (TPSA) is 72.2 Å². The number of nitrogens with two attached hydrogens (primary N) is 1. The smallest absolute Gasteiger partial charge is 0.240 e. The molecule has 0 radical (unpaired) electrons. The summed E-state index contributed by atoms with van der Waals surface area (Å²) < 4.78 is 39.2. The van der Waals surface area contributed by atoms with E-state index in [4.69, 9.17) is 5.73 Å². The van der Waals surface area contributed by atoms with Crippen LogP contribution in [0.2, 0.25) is 0 Å². The van der Waals surface area contributed by atoms with Gasteiger partial charge >= 0.3 is 0 Å². The van der Waals surface area contributed by atoms with Crippen molar-refractivity contribution in [3.8, 4) is 0 Å². The van der Waals surface area contributed by atoms with Crippen molar-refractivity contribution in [3.05, 3.63) is 65.5 Å². The predicted molar refractivity (Wildman–Crippen MR) is 74.8 cm³/mol. The van der Waals surface area contributed by atoms with E-state index in [0.29, 0.717) is 6.54 Å². The Morgan fingerprint density at radius 2 is 1.50 bits per heavy atom. The van der Waals surface area contributed by atoms with E-state index in [1.54, 1.807) is 0 Å². The van der Waals surface area contributed by atoms with Gasteiger partial charge < -0.3 is 5.73 Å². The zero-order valence-electron chi connectivity index (χ0n) is 10.7. The van der Waals surface area contributed by atoms with Crippen molar-refractivity contribution < 1.29 is 12.8 Å². The van der Waals surface area contributed by atoms with Crippen molar-refractivity contribution in [2.24, 2.45) is 5.73 Å². The van der Waals surface area contributed by atoms with Crippen LogP contribution in [-0.4, -0.2) is 8.42 Å². The maximum absolute atomic E-state index is 12.8. The van der Waals surface area contributed by atoms with E-state index in [-0.39, 0.29) is 11.4 Å². The maximum atomic E-state index is 12.8. The summed E-state index contributed by atoms with van der Waals surface area (Å²) >= 11 is 0. The summed E-state index contributed by atoms with van der Waals surface area (Å²) in [6.45, 7) is 0.617. The third-order valence-electron chi connectivity index (χ3n) is 2.85. The number of halogens is 1. The Hall–Kier alpha value is -1.76. The van der Waals surface area contributed by atoms with Crippen LogP contribution in [0.4, 0.5) is 4.39 Å². The molecule has 0 aliphatic carbocycles. The van der Waals surface area contributed by atoms with E-state index in [1.165, 1.54) is 12.1 Å². The predicted octanol–water partition coefficient (Wildman–Crippen LogP) is 1.76. The van der Waals surface area contributed by atoms with Crippen LogP contribution < -0.4 is 10.5 Å². The van der Waals surface area contributed by atoms with Crippen LogP contribution in [-0.2, 0) is 23.1 Å². The largest absolute Gasteiger partial charge is 0.326 e. The van der Waals surface area contributed by atoms with E-state index in [9.17, 15) is 12.8 Å². The normalized spacial score (nSPS) is 11.5. The molecule has 2 aromatic carbocycles. The summed E-state index contributed by atoms with van der Waals surface area (Å²) in [5, 5.41) is 0. The maximum Gasteiger partial charge on any atom is 0.240 e. The number of hydrogen-bond donors (Lipinski definition) is 2. The van der Waals surface area contributed by atoms with Gasteiger partial charge in [-0.05, 0) is 35.4 Å². The fraction of sp³-hybridized carbons (Fsp3) is 0.143. The highest BCUT2D eigenvalue weighted by Crippen LogP contribution is 2.11. The fourth-order valence-corrected chi connectivity index (χ4v) is 2.69. The standard InChI is InChI=1S/C14H15FN2O2S/c15-13-5-7-14(8-6-13)20(18,19)17-10-12-3-1-11(9-16)2-4-12/h1-8,17H,9-10,16H2. The second kappa shape index (κ2) is 6.13. The molecule has 3 N–H and O–H groups in total. The van der Waals surface area contributed by atoms with Crippen LogP contribution in [0.3, 0.4) is 0 Å². The minimum Gasteiger partial charge on any atom is -0.326 e. The van der Waals surface area contributed by atoms with Crippen molar-refractivity contribution in [2.75, 3.05) is 0 Å². The molecule has 0 saturated carbocycles. The molecule has 0 bridgehead atoms.